The number of anilines is 1. The molecule has 8 heteroatoms. The molecule has 2 aromatic rings. The second-order valence-corrected chi connectivity index (χ2v) is 7.07. The molecule has 0 fully saturated rings. The zero-order valence-corrected chi connectivity index (χ0v) is 16.9. The lowest BCUT2D eigenvalue weighted by molar-refractivity contribution is -0.118. The molecule has 2 N–H and O–H groups in total. The summed E-state index contributed by atoms with van der Waals surface area (Å²) in [4.78, 5) is 36.7. The Labute approximate surface area is 174 Å². The molecule has 0 atom stereocenters. The molecular weight excluding hydrogens is 387 g/mol. The summed E-state index contributed by atoms with van der Waals surface area (Å²) in [6.45, 7) is 3.88. The second-order valence-electron chi connectivity index (χ2n) is 7.07. The van der Waals surface area contributed by atoms with Crippen LogP contribution in [-0.4, -0.2) is 36.5 Å². The van der Waals surface area contributed by atoms with Crippen LogP contribution in [0.15, 0.2) is 47.6 Å². The smallest absolute Gasteiger partial charge is 0.267 e. The van der Waals surface area contributed by atoms with Crippen LogP contribution in [0.5, 0.6) is 0 Å². The maximum absolute atomic E-state index is 13.6. The van der Waals surface area contributed by atoms with E-state index in [2.05, 4.69) is 15.7 Å². The zero-order chi connectivity index (χ0) is 21.7. The summed E-state index contributed by atoms with van der Waals surface area (Å²) in [6, 6.07) is 11.6. The van der Waals surface area contributed by atoms with Gasteiger partial charge in [0.05, 0.1) is 5.69 Å². The fourth-order valence-electron chi connectivity index (χ4n) is 2.97. The third-order valence-electron chi connectivity index (χ3n) is 4.67. The summed E-state index contributed by atoms with van der Waals surface area (Å²) in [5.41, 5.74) is 2.53. The lowest BCUT2D eigenvalue weighted by atomic mass is 10.1. The van der Waals surface area contributed by atoms with E-state index in [0.717, 1.165) is 5.56 Å². The van der Waals surface area contributed by atoms with Crippen molar-refractivity contribution in [1.82, 2.24) is 10.6 Å². The first-order chi connectivity index (χ1) is 14.3. The number of hydrogen-bond donors (Lipinski definition) is 2. The number of rotatable bonds is 6. The Morgan fingerprint density at radius 2 is 1.77 bits per heavy atom. The molecule has 30 heavy (non-hydrogen) atoms. The van der Waals surface area contributed by atoms with Crippen LogP contribution in [-0.2, 0) is 9.59 Å². The lowest BCUT2D eigenvalue weighted by Crippen LogP contribution is -2.41. The SMILES string of the molecule is Cc1cccc(N2N=C(C(=O)NCCNC(=O)c3ccc(C)c(F)c3)CCC2=O)c1. The molecule has 0 spiro atoms. The predicted molar refractivity (Wildman–Crippen MR) is 112 cm³/mol. The second kappa shape index (κ2) is 9.30. The molecule has 3 amide bonds. The highest BCUT2D eigenvalue weighted by Gasteiger charge is 2.25. The summed E-state index contributed by atoms with van der Waals surface area (Å²) in [5, 5.41) is 10.8. The minimum Gasteiger partial charge on any atom is -0.350 e. The molecule has 0 saturated heterocycles. The number of aryl methyl sites for hydroxylation is 2. The van der Waals surface area contributed by atoms with Crippen LogP contribution in [0.3, 0.4) is 0 Å². The highest BCUT2D eigenvalue weighted by atomic mass is 19.1. The minimum absolute atomic E-state index is 0.172. The molecule has 156 valence electrons. The van der Waals surface area contributed by atoms with Gasteiger partial charge in [0.15, 0.2) is 0 Å². The van der Waals surface area contributed by atoms with Crippen molar-refractivity contribution in [1.29, 1.82) is 0 Å². The Kier molecular flexibility index (Phi) is 6.56. The van der Waals surface area contributed by atoms with Crippen LogP contribution in [0, 0.1) is 19.7 Å². The summed E-state index contributed by atoms with van der Waals surface area (Å²) >= 11 is 0. The number of hydrazone groups is 1. The van der Waals surface area contributed by atoms with E-state index in [-0.39, 0.29) is 43.1 Å². The number of benzene rings is 2. The fourth-order valence-corrected chi connectivity index (χ4v) is 2.97. The molecule has 2 aromatic carbocycles. The molecule has 0 bridgehead atoms. The van der Waals surface area contributed by atoms with Gasteiger partial charge in [-0.05, 0) is 49.2 Å². The van der Waals surface area contributed by atoms with Crippen LogP contribution in [0.25, 0.3) is 0 Å². The van der Waals surface area contributed by atoms with Crippen LogP contribution in [0.2, 0.25) is 0 Å². The quantitative estimate of drug-likeness (QED) is 0.717. The standard InChI is InChI=1S/C22H23FN4O3/c1-14-4-3-5-17(12-14)27-20(28)9-8-19(26-27)22(30)25-11-10-24-21(29)16-7-6-15(2)18(23)13-16/h3-7,12-13H,8-11H2,1-2H3,(H,24,29)(H,25,30). The van der Waals surface area contributed by atoms with Crippen molar-refractivity contribution in [3.8, 4) is 0 Å². The lowest BCUT2D eigenvalue weighted by Gasteiger charge is -2.23. The molecule has 0 radical (unpaired) electrons. The van der Waals surface area contributed by atoms with Gasteiger partial charge in [-0.15, -0.1) is 0 Å². The van der Waals surface area contributed by atoms with Crippen LogP contribution >= 0.6 is 0 Å². The molecular formula is C22H23FN4O3. The van der Waals surface area contributed by atoms with Crippen molar-refractivity contribution in [2.24, 2.45) is 5.10 Å². The number of nitrogens with one attached hydrogen (secondary N) is 2. The van der Waals surface area contributed by atoms with Gasteiger partial charge in [0.25, 0.3) is 11.8 Å². The molecule has 3 rings (SSSR count). The fraction of sp³-hybridized carbons (Fsp3) is 0.273. The third-order valence-corrected chi connectivity index (χ3v) is 4.67. The average molecular weight is 410 g/mol. The molecule has 0 saturated carbocycles. The van der Waals surface area contributed by atoms with E-state index >= 15 is 0 Å². The van der Waals surface area contributed by atoms with Crippen molar-refractivity contribution >= 4 is 29.1 Å². The molecule has 1 aliphatic rings. The van der Waals surface area contributed by atoms with Crippen molar-refractivity contribution in [2.75, 3.05) is 18.1 Å². The Morgan fingerprint density at radius 3 is 2.47 bits per heavy atom. The Hall–Kier alpha value is -3.55. The Bertz CT molecular complexity index is 1020. The number of nitrogens with zero attached hydrogens (tertiary/aromatic N) is 2. The van der Waals surface area contributed by atoms with Crippen molar-refractivity contribution in [3.05, 3.63) is 65.0 Å². The first kappa shape index (κ1) is 21.2. The molecule has 1 heterocycles. The van der Waals surface area contributed by atoms with Gasteiger partial charge < -0.3 is 10.6 Å². The molecule has 0 aliphatic carbocycles. The Balaban J connectivity index is 1.54. The van der Waals surface area contributed by atoms with Gasteiger partial charge in [-0.3, -0.25) is 14.4 Å². The van der Waals surface area contributed by atoms with Gasteiger partial charge in [-0.25, -0.2) is 9.40 Å². The molecule has 0 unspecified atom stereocenters. The van der Waals surface area contributed by atoms with E-state index in [0.29, 0.717) is 11.3 Å². The van der Waals surface area contributed by atoms with E-state index in [1.54, 1.807) is 19.1 Å². The van der Waals surface area contributed by atoms with E-state index in [4.69, 9.17) is 0 Å². The number of carbonyl (C=O) groups excluding carboxylic acids is 3. The summed E-state index contributed by atoms with van der Waals surface area (Å²) in [5.74, 6) is -1.43. The van der Waals surface area contributed by atoms with Crippen LogP contribution < -0.4 is 15.6 Å². The number of carbonyl (C=O) groups is 3. The van der Waals surface area contributed by atoms with Gasteiger partial charge in [0, 0.05) is 31.5 Å². The minimum atomic E-state index is -0.445. The van der Waals surface area contributed by atoms with E-state index in [1.165, 1.54) is 17.1 Å². The van der Waals surface area contributed by atoms with E-state index < -0.39 is 17.6 Å². The van der Waals surface area contributed by atoms with Gasteiger partial charge in [-0.1, -0.05) is 18.2 Å². The van der Waals surface area contributed by atoms with Gasteiger partial charge in [-0.2, -0.15) is 5.10 Å². The van der Waals surface area contributed by atoms with Crippen molar-refractivity contribution in [2.45, 2.75) is 26.7 Å². The topological polar surface area (TPSA) is 90.9 Å². The maximum atomic E-state index is 13.6. The first-order valence-corrected chi connectivity index (χ1v) is 9.65. The Morgan fingerprint density at radius 1 is 1.03 bits per heavy atom. The largest absolute Gasteiger partial charge is 0.350 e. The van der Waals surface area contributed by atoms with E-state index in [1.807, 2.05) is 25.1 Å². The van der Waals surface area contributed by atoms with Crippen molar-refractivity contribution in [3.63, 3.8) is 0 Å². The average Bonchev–Trinajstić information content (AvgIpc) is 2.73. The molecule has 1 aliphatic heterocycles. The normalized spacial score (nSPS) is 13.6. The third kappa shape index (κ3) is 5.08. The molecule has 7 nitrogen and oxygen atoms in total. The number of hydrogen-bond acceptors (Lipinski definition) is 4. The highest BCUT2D eigenvalue weighted by molar-refractivity contribution is 6.40. The summed E-state index contributed by atoms with van der Waals surface area (Å²) in [7, 11) is 0. The highest BCUT2D eigenvalue weighted by Crippen LogP contribution is 2.21. The monoisotopic (exact) mass is 410 g/mol. The van der Waals surface area contributed by atoms with Crippen LogP contribution in [0.4, 0.5) is 10.1 Å². The van der Waals surface area contributed by atoms with Crippen LogP contribution in [0.1, 0.15) is 34.3 Å². The zero-order valence-electron chi connectivity index (χ0n) is 16.9. The summed E-state index contributed by atoms with van der Waals surface area (Å²) in [6.07, 6.45) is 0.442. The summed E-state index contributed by atoms with van der Waals surface area (Å²) < 4.78 is 13.6. The van der Waals surface area contributed by atoms with Gasteiger partial charge in [0.1, 0.15) is 11.5 Å². The van der Waals surface area contributed by atoms with Gasteiger partial charge >= 0.3 is 0 Å². The first-order valence-electron chi connectivity index (χ1n) is 9.65. The predicted octanol–water partition coefficient (Wildman–Crippen LogP) is 2.47. The maximum Gasteiger partial charge on any atom is 0.267 e. The van der Waals surface area contributed by atoms with E-state index in [9.17, 15) is 18.8 Å². The molecule has 0 aromatic heterocycles. The number of halogens is 1. The number of amides is 3. The van der Waals surface area contributed by atoms with Gasteiger partial charge in [0.2, 0.25) is 5.91 Å². The van der Waals surface area contributed by atoms with Crippen molar-refractivity contribution < 1.29 is 18.8 Å².